The lowest BCUT2D eigenvalue weighted by Crippen LogP contribution is -2.43. The molecule has 0 saturated carbocycles. The summed E-state index contributed by atoms with van der Waals surface area (Å²) in [4.78, 5) is 17.1. The van der Waals surface area contributed by atoms with E-state index in [9.17, 15) is 4.79 Å². The first-order valence-electron chi connectivity index (χ1n) is 6.49. The molecule has 0 bridgehead atoms. The van der Waals surface area contributed by atoms with E-state index >= 15 is 0 Å². The number of piperidine rings is 1. The molecule has 0 aliphatic carbocycles. The third-order valence-corrected chi connectivity index (χ3v) is 3.31. The highest BCUT2D eigenvalue weighted by Crippen LogP contribution is 2.17. The summed E-state index contributed by atoms with van der Waals surface area (Å²) in [5.74, 6) is 0.632. The second-order valence-corrected chi connectivity index (χ2v) is 4.91. The van der Waals surface area contributed by atoms with E-state index in [-0.39, 0.29) is 6.04 Å². The summed E-state index contributed by atoms with van der Waals surface area (Å²) < 4.78 is 1.57. The van der Waals surface area contributed by atoms with Crippen molar-refractivity contribution in [2.24, 2.45) is 5.73 Å². The van der Waals surface area contributed by atoms with Gasteiger partial charge in [-0.3, -0.25) is 5.32 Å². The molecule has 2 aromatic rings. The van der Waals surface area contributed by atoms with Crippen LogP contribution in [0.25, 0.3) is 5.65 Å². The smallest absolute Gasteiger partial charge is 0.409 e. The molecule has 106 valence electrons. The van der Waals surface area contributed by atoms with Crippen molar-refractivity contribution in [1.82, 2.24) is 14.6 Å². The van der Waals surface area contributed by atoms with E-state index in [0.29, 0.717) is 17.3 Å². The van der Waals surface area contributed by atoms with Crippen molar-refractivity contribution in [1.29, 1.82) is 0 Å². The summed E-state index contributed by atoms with van der Waals surface area (Å²) in [5.41, 5.74) is 7.09. The molecular weight excluding hydrogens is 260 g/mol. The average molecular weight is 276 g/mol. The quantitative estimate of drug-likeness (QED) is 0.746. The molecule has 4 N–H and O–H groups in total. The Bertz CT molecular complexity index is 640. The van der Waals surface area contributed by atoms with Crippen LogP contribution < -0.4 is 16.0 Å². The highest BCUT2D eigenvalue weighted by molar-refractivity contribution is 5.82. The van der Waals surface area contributed by atoms with Gasteiger partial charge in [0.15, 0.2) is 5.65 Å². The Morgan fingerprint density at radius 2 is 2.35 bits per heavy atom. The van der Waals surface area contributed by atoms with Crippen LogP contribution >= 0.6 is 0 Å². The molecule has 0 spiro atoms. The van der Waals surface area contributed by atoms with Gasteiger partial charge in [-0.05, 0) is 25.0 Å². The number of carboxylic acid groups (broad SMARTS) is 1. The normalized spacial score (nSPS) is 19.2. The van der Waals surface area contributed by atoms with E-state index in [1.54, 1.807) is 22.8 Å². The molecule has 1 atom stereocenters. The Morgan fingerprint density at radius 3 is 3.10 bits per heavy atom. The number of aromatic nitrogens is 3. The minimum absolute atomic E-state index is 0.152. The molecule has 1 fully saturated rings. The summed E-state index contributed by atoms with van der Waals surface area (Å²) in [6.45, 7) is 1.64. The van der Waals surface area contributed by atoms with Gasteiger partial charge < -0.3 is 15.7 Å². The summed E-state index contributed by atoms with van der Waals surface area (Å²) in [5, 5.41) is 15.4. The van der Waals surface area contributed by atoms with E-state index in [2.05, 4.69) is 20.3 Å². The van der Waals surface area contributed by atoms with Crippen molar-refractivity contribution in [2.45, 2.75) is 18.9 Å². The van der Waals surface area contributed by atoms with Gasteiger partial charge >= 0.3 is 6.09 Å². The Labute approximate surface area is 115 Å². The fraction of sp³-hybridized carbons (Fsp3) is 0.417. The Hall–Kier alpha value is -2.35. The average Bonchev–Trinajstić information content (AvgIpc) is 2.81. The largest absolute Gasteiger partial charge is 0.465 e. The van der Waals surface area contributed by atoms with Gasteiger partial charge in [-0.25, -0.2) is 9.31 Å². The predicted octanol–water partition coefficient (Wildman–Crippen LogP) is 0.747. The zero-order valence-corrected chi connectivity index (χ0v) is 10.9. The van der Waals surface area contributed by atoms with Gasteiger partial charge in [0.1, 0.15) is 0 Å². The van der Waals surface area contributed by atoms with E-state index in [1.807, 2.05) is 0 Å². The molecule has 8 nitrogen and oxygen atoms in total. The first kappa shape index (κ1) is 12.7. The van der Waals surface area contributed by atoms with Gasteiger partial charge in [0, 0.05) is 19.1 Å². The number of nitrogens with two attached hydrogens (primary N) is 1. The number of nitrogens with zero attached hydrogens (tertiary/aromatic N) is 4. The molecule has 1 amide bonds. The van der Waals surface area contributed by atoms with Crippen molar-refractivity contribution in [2.75, 3.05) is 23.3 Å². The lowest BCUT2D eigenvalue weighted by atomic mass is 10.1. The Morgan fingerprint density at radius 1 is 1.50 bits per heavy atom. The molecule has 0 radical (unpaired) electrons. The number of hydrogen-bond donors (Lipinski definition) is 3. The van der Waals surface area contributed by atoms with Gasteiger partial charge in [-0.2, -0.15) is 4.98 Å². The molecule has 1 aliphatic rings. The van der Waals surface area contributed by atoms with Gasteiger partial charge in [-0.1, -0.05) is 0 Å². The maximum atomic E-state index is 10.6. The molecule has 1 aliphatic heterocycles. The number of hydrogen-bond acceptors (Lipinski definition) is 5. The first-order chi connectivity index (χ1) is 9.61. The van der Waals surface area contributed by atoms with E-state index in [0.717, 1.165) is 25.9 Å². The van der Waals surface area contributed by atoms with Crippen molar-refractivity contribution in [3.8, 4) is 0 Å². The van der Waals surface area contributed by atoms with Crippen LogP contribution in [0.4, 0.5) is 16.4 Å². The number of nitrogens with one attached hydrogen (secondary N) is 1. The number of carbonyl (C=O) groups is 1. The predicted molar refractivity (Wildman–Crippen MR) is 74.1 cm³/mol. The van der Waals surface area contributed by atoms with Gasteiger partial charge in [0.2, 0.25) is 5.95 Å². The molecule has 3 rings (SSSR count). The molecule has 0 aromatic carbocycles. The lowest BCUT2D eigenvalue weighted by Gasteiger charge is -2.29. The third-order valence-electron chi connectivity index (χ3n) is 3.31. The molecule has 8 heteroatoms. The lowest BCUT2D eigenvalue weighted by molar-refractivity contribution is 0.209. The van der Waals surface area contributed by atoms with Crippen molar-refractivity contribution < 1.29 is 9.90 Å². The third kappa shape index (κ3) is 2.50. The molecular formula is C12H16N6O2. The standard InChI is InChI=1S/C12H16N6O2/c13-8-2-1-5-17(6-8)11-15-10-4-3-9(14-12(19)20)7-18(10)16-11/h3-4,7-8,14H,1-2,5-6,13H2,(H,19,20). The summed E-state index contributed by atoms with van der Waals surface area (Å²) in [7, 11) is 0. The zero-order chi connectivity index (χ0) is 14.1. The van der Waals surface area contributed by atoms with Crippen LogP contribution in [-0.2, 0) is 0 Å². The number of anilines is 2. The minimum atomic E-state index is -1.10. The number of pyridine rings is 1. The first-order valence-corrected chi connectivity index (χ1v) is 6.49. The van der Waals surface area contributed by atoms with E-state index < -0.39 is 6.09 Å². The van der Waals surface area contributed by atoms with Gasteiger partial charge in [0.25, 0.3) is 0 Å². The summed E-state index contributed by atoms with van der Waals surface area (Å²) in [6.07, 6.45) is 2.55. The van der Waals surface area contributed by atoms with Crippen LogP contribution in [-0.4, -0.2) is 44.9 Å². The van der Waals surface area contributed by atoms with Gasteiger partial charge in [0.05, 0.1) is 11.9 Å². The highest BCUT2D eigenvalue weighted by Gasteiger charge is 2.20. The Balaban J connectivity index is 1.88. The summed E-state index contributed by atoms with van der Waals surface area (Å²) >= 11 is 0. The Kier molecular flexibility index (Phi) is 3.15. The molecule has 1 unspecified atom stereocenters. The fourth-order valence-corrected chi connectivity index (χ4v) is 2.39. The van der Waals surface area contributed by atoms with Crippen molar-refractivity contribution in [3.63, 3.8) is 0 Å². The minimum Gasteiger partial charge on any atom is -0.465 e. The maximum absolute atomic E-state index is 10.6. The topological polar surface area (TPSA) is 109 Å². The molecule has 3 heterocycles. The molecule has 2 aromatic heterocycles. The van der Waals surface area contributed by atoms with Crippen LogP contribution in [0.3, 0.4) is 0 Å². The van der Waals surface area contributed by atoms with Crippen LogP contribution in [0.5, 0.6) is 0 Å². The van der Waals surface area contributed by atoms with Crippen LogP contribution in [0.1, 0.15) is 12.8 Å². The fourth-order valence-electron chi connectivity index (χ4n) is 2.39. The number of amides is 1. The highest BCUT2D eigenvalue weighted by atomic mass is 16.4. The van der Waals surface area contributed by atoms with Crippen molar-refractivity contribution >= 4 is 23.4 Å². The second kappa shape index (κ2) is 4.97. The number of fused-ring (bicyclic) bond motifs is 1. The molecule has 20 heavy (non-hydrogen) atoms. The maximum Gasteiger partial charge on any atom is 0.409 e. The van der Waals surface area contributed by atoms with E-state index in [1.165, 1.54) is 0 Å². The van der Waals surface area contributed by atoms with Crippen LogP contribution in [0.2, 0.25) is 0 Å². The van der Waals surface area contributed by atoms with E-state index in [4.69, 9.17) is 10.8 Å². The SMILES string of the molecule is NC1CCCN(c2nc3ccc(NC(=O)O)cn3n2)C1. The van der Waals surface area contributed by atoms with Gasteiger partial charge in [-0.15, -0.1) is 5.10 Å². The summed E-state index contributed by atoms with van der Waals surface area (Å²) in [6, 6.07) is 3.54. The van der Waals surface area contributed by atoms with Crippen molar-refractivity contribution in [3.05, 3.63) is 18.3 Å². The van der Waals surface area contributed by atoms with Crippen LogP contribution in [0, 0.1) is 0 Å². The van der Waals surface area contributed by atoms with Crippen LogP contribution in [0.15, 0.2) is 18.3 Å². The molecule has 1 saturated heterocycles. The monoisotopic (exact) mass is 276 g/mol. The number of rotatable bonds is 2. The second-order valence-electron chi connectivity index (χ2n) is 4.91. The zero-order valence-electron chi connectivity index (χ0n) is 10.9.